The van der Waals surface area contributed by atoms with Crippen molar-refractivity contribution in [3.05, 3.63) is 27.4 Å². The van der Waals surface area contributed by atoms with Crippen molar-refractivity contribution in [3.63, 3.8) is 0 Å². The summed E-state index contributed by atoms with van der Waals surface area (Å²) in [6, 6.07) is 0. The Hall–Kier alpha value is -1.16. The van der Waals surface area contributed by atoms with Crippen molar-refractivity contribution in [2.45, 2.75) is 39.7 Å². The second-order valence-corrected chi connectivity index (χ2v) is 4.31. The van der Waals surface area contributed by atoms with Crippen LogP contribution in [0.5, 0.6) is 0 Å². The van der Waals surface area contributed by atoms with E-state index >= 15 is 0 Å². The first-order valence-corrected chi connectivity index (χ1v) is 6.07. The Morgan fingerprint density at radius 3 is 2.94 bits per heavy atom. The molecule has 0 spiro atoms. The molecule has 0 saturated carbocycles. The number of aromatic nitrogens is 2. The lowest BCUT2D eigenvalue weighted by atomic mass is 10.1. The van der Waals surface area contributed by atoms with Gasteiger partial charge in [0.25, 0.3) is 5.56 Å². The van der Waals surface area contributed by atoms with Gasteiger partial charge in [0.2, 0.25) is 0 Å². The van der Waals surface area contributed by atoms with E-state index in [0.29, 0.717) is 0 Å². The second-order valence-electron chi connectivity index (χ2n) is 4.31. The molecule has 1 aliphatic rings. The molecule has 0 aromatic carbocycles. The van der Waals surface area contributed by atoms with Gasteiger partial charge in [-0.1, -0.05) is 13.8 Å². The zero-order chi connectivity index (χ0) is 11.5. The Kier molecular flexibility index (Phi) is 3.39. The van der Waals surface area contributed by atoms with E-state index in [4.69, 9.17) is 0 Å². The van der Waals surface area contributed by atoms with Crippen LogP contribution in [0.25, 0.3) is 0 Å². The van der Waals surface area contributed by atoms with Crippen LogP contribution in [0, 0.1) is 0 Å². The molecule has 0 amide bonds. The van der Waals surface area contributed by atoms with Crippen molar-refractivity contribution in [2.75, 3.05) is 13.1 Å². The fourth-order valence-electron chi connectivity index (χ4n) is 2.17. The summed E-state index contributed by atoms with van der Waals surface area (Å²) in [6.07, 6.45) is 2.70. The molecule has 4 heteroatoms. The first-order chi connectivity index (χ1) is 7.74. The third-order valence-electron chi connectivity index (χ3n) is 3.14. The average molecular weight is 221 g/mol. The van der Waals surface area contributed by atoms with Crippen molar-refractivity contribution in [1.29, 1.82) is 0 Å². The van der Waals surface area contributed by atoms with Gasteiger partial charge in [0.05, 0.1) is 5.69 Å². The lowest BCUT2D eigenvalue weighted by molar-refractivity contribution is 0.262. The predicted octanol–water partition coefficient (Wildman–Crippen LogP) is 1.10. The van der Waals surface area contributed by atoms with Gasteiger partial charge in [0, 0.05) is 25.1 Å². The predicted molar refractivity (Wildman–Crippen MR) is 63.5 cm³/mol. The lowest BCUT2D eigenvalue weighted by Crippen LogP contribution is -2.35. The van der Waals surface area contributed by atoms with E-state index in [1.54, 1.807) is 0 Å². The summed E-state index contributed by atoms with van der Waals surface area (Å²) in [5.41, 5.74) is 1.95. The number of nitrogens with one attached hydrogen (secondary N) is 1. The zero-order valence-electron chi connectivity index (χ0n) is 10.0. The van der Waals surface area contributed by atoms with Crippen LogP contribution in [0.1, 0.15) is 37.4 Å². The molecule has 0 radical (unpaired) electrons. The second kappa shape index (κ2) is 4.78. The van der Waals surface area contributed by atoms with Gasteiger partial charge in [-0.2, -0.15) is 0 Å². The molecule has 0 aliphatic carbocycles. The molecule has 2 heterocycles. The topological polar surface area (TPSA) is 49.0 Å². The summed E-state index contributed by atoms with van der Waals surface area (Å²) in [6.45, 7) is 7.06. The van der Waals surface area contributed by atoms with E-state index in [0.717, 1.165) is 56.0 Å². The fraction of sp³-hybridized carbons (Fsp3) is 0.667. The number of rotatable bonds is 3. The van der Waals surface area contributed by atoms with Crippen molar-refractivity contribution >= 4 is 0 Å². The Morgan fingerprint density at radius 2 is 2.25 bits per heavy atom. The highest BCUT2D eigenvalue weighted by atomic mass is 16.1. The Bertz CT molecular complexity index is 425. The Labute approximate surface area is 95.7 Å². The zero-order valence-corrected chi connectivity index (χ0v) is 10.0. The molecule has 0 atom stereocenters. The molecule has 0 fully saturated rings. The molecule has 2 rings (SSSR count). The number of hydrogen-bond donors (Lipinski definition) is 1. The number of nitrogens with zero attached hydrogens (tertiary/aromatic N) is 2. The van der Waals surface area contributed by atoms with Crippen LogP contribution in [0.2, 0.25) is 0 Å². The number of aromatic amines is 1. The van der Waals surface area contributed by atoms with Crippen LogP contribution < -0.4 is 5.56 Å². The van der Waals surface area contributed by atoms with Crippen LogP contribution >= 0.6 is 0 Å². The number of H-pyrrole nitrogens is 1. The molecule has 1 aliphatic heterocycles. The minimum Gasteiger partial charge on any atom is -0.310 e. The smallest absolute Gasteiger partial charge is 0.254 e. The molecule has 0 saturated heterocycles. The standard InChI is InChI=1S/C12H19N3O/c1-3-5-11-13-10-8-15(4-2)7-6-9(10)12(16)14-11/h3-8H2,1-2H3,(H,13,14,16). The Balaban J connectivity index is 2.33. The number of likely N-dealkylation sites (N-methyl/N-ethyl adjacent to an activating group) is 1. The highest BCUT2D eigenvalue weighted by Gasteiger charge is 2.19. The van der Waals surface area contributed by atoms with E-state index in [9.17, 15) is 4.79 Å². The summed E-state index contributed by atoms with van der Waals surface area (Å²) in [4.78, 5) is 21.6. The normalized spacial score (nSPS) is 16.1. The van der Waals surface area contributed by atoms with Crippen molar-refractivity contribution in [1.82, 2.24) is 14.9 Å². The van der Waals surface area contributed by atoms with Crippen molar-refractivity contribution in [2.24, 2.45) is 0 Å². The first-order valence-electron chi connectivity index (χ1n) is 6.07. The van der Waals surface area contributed by atoms with Crippen LogP contribution in [0.15, 0.2) is 4.79 Å². The van der Waals surface area contributed by atoms with E-state index in [-0.39, 0.29) is 5.56 Å². The fourth-order valence-corrected chi connectivity index (χ4v) is 2.17. The molecule has 1 aromatic heterocycles. The maximum absolute atomic E-state index is 11.8. The minimum absolute atomic E-state index is 0.0733. The van der Waals surface area contributed by atoms with E-state index in [1.165, 1.54) is 0 Å². The van der Waals surface area contributed by atoms with Crippen LogP contribution in [-0.2, 0) is 19.4 Å². The maximum Gasteiger partial charge on any atom is 0.254 e. The summed E-state index contributed by atoms with van der Waals surface area (Å²) in [7, 11) is 0. The van der Waals surface area contributed by atoms with Crippen LogP contribution in [0.3, 0.4) is 0 Å². The summed E-state index contributed by atoms with van der Waals surface area (Å²) in [5, 5.41) is 0. The van der Waals surface area contributed by atoms with Gasteiger partial charge in [0.15, 0.2) is 0 Å². The highest BCUT2D eigenvalue weighted by molar-refractivity contribution is 5.20. The van der Waals surface area contributed by atoms with Gasteiger partial charge < -0.3 is 4.98 Å². The van der Waals surface area contributed by atoms with E-state index in [2.05, 4.69) is 28.7 Å². The molecule has 1 N–H and O–H groups in total. The molecule has 0 bridgehead atoms. The van der Waals surface area contributed by atoms with Gasteiger partial charge in [0.1, 0.15) is 5.82 Å². The molecule has 0 unspecified atom stereocenters. The number of hydrogen-bond acceptors (Lipinski definition) is 3. The SMILES string of the molecule is CCCc1nc2c(c(=O)[nH]1)CCN(CC)C2. The monoisotopic (exact) mass is 221 g/mol. The average Bonchev–Trinajstić information content (AvgIpc) is 2.28. The van der Waals surface area contributed by atoms with Crippen molar-refractivity contribution in [3.8, 4) is 0 Å². The van der Waals surface area contributed by atoms with Gasteiger partial charge in [-0.15, -0.1) is 0 Å². The first kappa shape index (κ1) is 11.3. The minimum atomic E-state index is 0.0733. The number of aryl methyl sites for hydroxylation is 1. The maximum atomic E-state index is 11.8. The lowest BCUT2D eigenvalue weighted by Gasteiger charge is -2.26. The van der Waals surface area contributed by atoms with Crippen LogP contribution in [0.4, 0.5) is 0 Å². The van der Waals surface area contributed by atoms with Crippen molar-refractivity contribution < 1.29 is 0 Å². The summed E-state index contributed by atoms with van der Waals surface area (Å²) < 4.78 is 0. The molecule has 16 heavy (non-hydrogen) atoms. The quantitative estimate of drug-likeness (QED) is 0.831. The van der Waals surface area contributed by atoms with Gasteiger partial charge >= 0.3 is 0 Å². The van der Waals surface area contributed by atoms with Gasteiger partial charge in [-0.3, -0.25) is 9.69 Å². The van der Waals surface area contributed by atoms with Crippen LogP contribution in [-0.4, -0.2) is 28.0 Å². The van der Waals surface area contributed by atoms with Gasteiger partial charge in [-0.05, 0) is 19.4 Å². The number of fused-ring (bicyclic) bond motifs is 1. The summed E-state index contributed by atoms with van der Waals surface area (Å²) in [5.74, 6) is 0.837. The molecule has 4 nitrogen and oxygen atoms in total. The van der Waals surface area contributed by atoms with E-state index < -0.39 is 0 Å². The molecule has 88 valence electrons. The third-order valence-corrected chi connectivity index (χ3v) is 3.14. The molecule has 1 aromatic rings. The van der Waals surface area contributed by atoms with Gasteiger partial charge in [-0.25, -0.2) is 4.98 Å². The molecular weight excluding hydrogens is 202 g/mol. The Morgan fingerprint density at radius 1 is 1.44 bits per heavy atom. The largest absolute Gasteiger partial charge is 0.310 e. The highest BCUT2D eigenvalue weighted by Crippen LogP contribution is 2.13. The van der Waals surface area contributed by atoms with E-state index in [1.807, 2.05) is 0 Å². The third kappa shape index (κ3) is 2.16. The summed E-state index contributed by atoms with van der Waals surface area (Å²) >= 11 is 0. The molecular formula is C12H19N3O.